The van der Waals surface area contributed by atoms with Crippen molar-refractivity contribution < 1.29 is 37.7 Å². The summed E-state index contributed by atoms with van der Waals surface area (Å²) in [6, 6.07) is 2.43. The molecule has 2 aromatic rings. The maximum Gasteiger partial charge on any atom is 0.417 e. The summed E-state index contributed by atoms with van der Waals surface area (Å²) in [4.78, 5) is 21.3. The number of hydrogen-bond acceptors (Lipinski definition) is 6. The van der Waals surface area contributed by atoms with Crippen LogP contribution in [0.4, 0.5) is 28.2 Å². The minimum absolute atomic E-state index is 0.0193. The predicted molar refractivity (Wildman–Crippen MR) is 109 cm³/mol. The Hall–Kier alpha value is -2.54. The van der Waals surface area contributed by atoms with Gasteiger partial charge < -0.3 is 20.2 Å². The summed E-state index contributed by atoms with van der Waals surface area (Å²) in [5.41, 5.74) is -2.88. The minimum atomic E-state index is -4.54. The Bertz CT molecular complexity index is 985. The highest BCUT2D eigenvalue weighted by Gasteiger charge is 2.40. The molecule has 0 aliphatic carbocycles. The van der Waals surface area contributed by atoms with Crippen LogP contribution in [0.15, 0.2) is 30.6 Å². The molecule has 1 aliphatic heterocycles. The SMILES string of the molecule is O=C(Nc1ccc(C(F)(F)F)cn1)N1CCC(F)(c2ncc([C@H](O)[C@@H](O)CO)cc2Cl)CC1. The summed E-state index contributed by atoms with van der Waals surface area (Å²) in [6.45, 7) is -0.726. The van der Waals surface area contributed by atoms with Crippen molar-refractivity contribution in [2.24, 2.45) is 0 Å². The van der Waals surface area contributed by atoms with Crippen LogP contribution >= 0.6 is 11.6 Å². The quantitative estimate of drug-likeness (QED) is 0.476. The summed E-state index contributed by atoms with van der Waals surface area (Å²) in [5, 5.41) is 30.7. The highest BCUT2D eigenvalue weighted by molar-refractivity contribution is 6.31. The fraction of sp³-hybridized carbons (Fsp3) is 0.450. The summed E-state index contributed by atoms with van der Waals surface area (Å²) in [7, 11) is 0. The maximum absolute atomic E-state index is 15.6. The van der Waals surface area contributed by atoms with E-state index < -0.39 is 42.3 Å². The minimum Gasteiger partial charge on any atom is -0.394 e. The number of nitrogens with one attached hydrogen (secondary N) is 1. The van der Waals surface area contributed by atoms with Gasteiger partial charge in [0.1, 0.15) is 18.0 Å². The molecule has 13 heteroatoms. The normalized spacial score (nSPS) is 18.0. The first-order chi connectivity index (χ1) is 15.4. The van der Waals surface area contributed by atoms with Crippen molar-refractivity contribution in [1.82, 2.24) is 14.9 Å². The summed E-state index contributed by atoms with van der Waals surface area (Å²) >= 11 is 6.16. The van der Waals surface area contributed by atoms with Crippen LogP contribution in [0.25, 0.3) is 0 Å². The van der Waals surface area contributed by atoms with E-state index in [1.54, 1.807) is 0 Å². The van der Waals surface area contributed by atoms with Crippen molar-refractivity contribution in [3.8, 4) is 0 Å². The van der Waals surface area contributed by atoms with E-state index in [4.69, 9.17) is 16.7 Å². The smallest absolute Gasteiger partial charge is 0.394 e. The molecule has 0 spiro atoms. The van der Waals surface area contributed by atoms with Gasteiger partial charge in [-0.1, -0.05) is 11.6 Å². The summed E-state index contributed by atoms with van der Waals surface area (Å²) < 4.78 is 53.4. The fourth-order valence-electron chi connectivity index (χ4n) is 3.39. The average molecular weight is 493 g/mol. The van der Waals surface area contributed by atoms with Gasteiger partial charge in [0.25, 0.3) is 0 Å². The molecule has 0 bridgehead atoms. The van der Waals surface area contributed by atoms with Gasteiger partial charge in [-0.2, -0.15) is 13.2 Å². The number of anilines is 1. The molecule has 180 valence electrons. The Morgan fingerprint density at radius 1 is 1.21 bits per heavy atom. The number of rotatable bonds is 5. The lowest BCUT2D eigenvalue weighted by Crippen LogP contribution is -2.45. The number of halogens is 5. The van der Waals surface area contributed by atoms with Gasteiger partial charge in [0.2, 0.25) is 0 Å². The molecule has 0 radical (unpaired) electrons. The second-order valence-corrected chi connectivity index (χ2v) is 8.01. The van der Waals surface area contributed by atoms with Crippen LogP contribution in [0.1, 0.15) is 35.8 Å². The molecule has 1 fully saturated rings. The highest BCUT2D eigenvalue weighted by atomic mass is 35.5. The number of pyridine rings is 2. The van der Waals surface area contributed by atoms with Gasteiger partial charge in [-0.05, 0) is 18.2 Å². The Kier molecular flexibility index (Phi) is 7.42. The first-order valence-electron chi connectivity index (χ1n) is 9.85. The van der Waals surface area contributed by atoms with Crippen molar-refractivity contribution in [1.29, 1.82) is 0 Å². The molecule has 0 saturated carbocycles. The third-order valence-electron chi connectivity index (χ3n) is 5.35. The Labute approximate surface area is 190 Å². The van der Waals surface area contributed by atoms with Crippen LogP contribution in [0, 0.1) is 0 Å². The number of nitrogens with zero attached hydrogens (tertiary/aromatic N) is 3. The molecule has 1 saturated heterocycles. The number of likely N-dealkylation sites (tertiary alicyclic amines) is 1. The number of aromatic nitrogens is 2. The second-order valence-electron chi connectivity index (χ2n) is 7.61. The number of carbonyl (C=O) groups excluding carboxylic acids is 1. The van der Waals surface area contributed by atoms with Gasteiger partial charge in [0.05, 0.1) is 22.9 Å². The van der Waals surface area contributed by atoms with Crippen molar-refractivity contribution in [2.45, 2.75) is 36.9 Å². The van der Waals surface area contributed by atoms with Gasteiger partial charge in [0, 0.05) is 43.9 Å². The van der Waals surface area contributed by atoms with Crippen LogP contribution in [-0.4, -0.2) is 62.0 Å². The molecular formula is C20H21ClF4N4O4. The number of urea groups is 1. The molecule has 33 heavy (non-hydrogen) atoms. The largest absolute Gasteiger partial charge is 0.417 e. The lowest BCUT2D eigenvalue weighted by molar-refractivity contribution is -0.137. The third kappa shape index (κ3) is 5.69. The van der Waals surface area contributed by atoms with Gasteiger partial charge in [-0.3, -0.25) is 10.3 Å². The van der Waals surface area contributed by atoms with E-state index in [0.717, 1.165) is 18.3 Å². The topological polar surface area (TPSA) is 119 Å². The monoisotopic (exact) mass is 492 g/mol. The van der Waals surface area contributed by atoms with Gasteiger partial charge in [-0.25, -0.2) is 14.2 Å². The zero-order chi connectivity index (χ0) is 24.4. The van der Waals surface area contributed by atoms with Crippen LogP contribution in [-0.2, 0) is 11.8 Å². The Balaban J connectivity index is 1.63. The van der Waals surface area contributed by atoms with Crippen molar-refractivity contribution in [3.63, 3.8) is 0 Å². The molecular weight excluding hydrogens is 472 g/mol. The second kappa shape index (κ2) is 9.75. The number of aliphatic hydroxyl groups excluding tert-OH is 3. The summed E-state index contributed by atoms with van der Waals surface area (Å²) in [6.07, 6.45) is -5.98. The van der Waals surface area contributed by atoms with E-state index in [2.05, 4.69) is 15.3 Å². The van der Waals surface area contributed by atoms with Crippen LogP contribution in [0.5, 0.6) is 0 Å². The Morgan fingerprint density at radius 3 is 2.39 bits per heavy atom. The van der Waals surface area contributed by atoms with Crippen molar-refractivity contribution in [2.75, 3.05) is 25.0 Å². The maximum atomic E-state index is 15.6. The lowest BCUT2D eigenvalue weighted by Gasteiger charge is -2.36. The number of amides is 2. The molecule has 4 N–H and O–H groups in total. The molecule has 3 heterocycles. The first kappa shape index (κ1) is 25.1. The molecule has 3 rings (SSSR count). The van der Waals surface area contributed by atoms with Crippen LogP contribution < -0.4 is 5.32 Å². The number of aliphatic hydroxyl groups is 3. The molecule has 8 nitrogen and oxygen atoms in total. The molecule has 2 amide bonds. The average Bonchev–Trinajstić information content (AvgIpc) is 2.78. The Morgan fingerprint density at radius 2 is 1.88 bits per heavy atom. The highest BCUT2D eigenvalue weighted by Crippen LogP contribution is 2.40. The van der Waals surface area contributed by atoms with Crippen molar-refractivity contribution >= 4 is 23.4 Å². The zero-order valence-electron chi connectivity index (χ0n) is 17.1. The number of piperidine rings is 1. The van der Waals surface area contributed by atoms with Crippen molar-refractivity contribution in [3.05, 3.63) is 52.4 Å². The fourth-order valence-corrected chi connectivity index (χ4v) is 3.74. The molecule has 1 aliphatic rings. The third-order valence-corrected chi connectivity index (χ3v) is 5.64. The van der Waals surface area contributed by atoms with E-state index >= 15 is 4.39 Å². The first-order valence-corrected chi connectivity index (χ1v) is 10.2. The lowest BCUT2D eigenvalue weighted by atomic mass is 9.89. The van der Waals surface area contributed by atoms with Crippen LogP contribution in [0.3, 0.4) is 0 Å². The molecule has 0 aromatic carbocycles. The van der Waals surface area contributed by atoms with E-state index in [0.29, 0.717) is 6.20 Å². The number of carbonyl (C=O) groups is 1. The van der Waals surface area contributed by atoms with Gasteiger partial charge in [-0.15, -0.1) is 0 Å². The standard InChI is InChI=1S/C20H21ClF4N4O4/c21-13-7-11(16(32)14(31)10-30)8-27-17(13)19(22)3-5-29(6-4-19)18(33)28-15-2-1-12(9-26-15)20(23,24)25/h1-2,7-9,14,16,30-32H,3-6,10H2,(H,26,28,33)/t14-,16-/m0/s1. The van der Waals surface area contributed by atoms with E-state index in [-0.39, 0.29) is 48.0 Å². The van der Waals surface area contributed by atoms with Crippen LogP contribution in [0.2, 0.25) is 5.02 Å². The predicted octanol–water partition coefficient (Wildman–Crippen LogP) is 3.03. The summed E-state index contributed by atoms with van der Waals surface area (Å²) in [5.74, 6) is -0.0750. The zero-order valence-corrected chi connectivity index (χ0v) is 17.8. The van der Waals surface area contributed by atoms with E-state index in [1.165, 1.54) is 11.0 Å². The van der Waals surface area contributed by atoms with E-state index in [9.17, 15) is 28.2 Å². The molecule has 2 atom stereocenters. The number of alkyl halides is 4. The number of hydrogen-bond donors (Lipinski definition) is 4. The van der Waals surface area contributed by atoms with E-state index in [1.807, 2.05) is 0 Å². The van der Waals surface area contributed by atoms with Gasteiger partial charge in [0.15, 0.2) is 5.67 Å². The van der Waals surface area contributed by atoms with Gasteiger partial charge >= 0.3 is 12.2 Å². The molecule has 0 unspecified atom stereocenters. The molecule has 2 aromatic heterocycles.